The lowest BCUT2D eigenvalue weighted by Crippen LogP contribution is -1.98. The van der Waals surface area contributed by atoms with Gasteiger partial charge in [0.1, 0.15) is 11.3 Å². The van der Waals surface area contributed by atoms with E-state index in [4.69, 9.17) is 9.15 Å². The van der Waals surface area contributed by atoms with E-state index in [0.29, 0.717) is 12.2 Å². The van der Waals surface area contributed by atoms with Crippen LogP contribution in [-0.4, -0.2) is 6.61 Å². The summed E-state index contributed by atoms with van der Waals surface area (Å²) in [5.41, 5.74) is 0.247. The monoisotopic (exact) mass is 314 g/mol. The molecule has 0 aliphatic rings. The van der Waals surface area contributed by atoms with E-state index < -0.39 is 0 Å². The van der Waals surface area contributed by atoms with Crippen molar-refractivity contribution in [2.24, 2.45) is 0 Å². The molecule has 124 valence electrons. The third kappa shape index (κ3) is 6.31. The quantitative estimate of drug-likeness (QED) is 0.313. The minimum absolute atomic E-state index is 0.331. The molecule has 0 N–H and O–H groups in total. The van der Waals surface area contributed by atoms with Gasteiger partial charge in [0, 0.05) is 17.5 Å². The lowest BCUT2D eigenvalue weighted by Gasteiger charge is -2.07. The van der Waals surface area contributed by atoms with Gasteiger partial charge in [-0.1, -0.05) is 38.2 Å². The molecule has 0 bridgehead atoms. The summed E-state index contributed by atoms with van der Waals surface area (Å²) in [7, 11) is 0. The highest BCUT2D eigenvalue weighted by Gasteiger charge is 2.00. The first-order valence-electron chi connectivity index (χ1n) is 8.57. The Morgan fingerprint density at radius 1 is 0.957 bits per heavy atom. The van der Waals surface area contributed by atoms with Crippen LogP contribution in [0, 0.1) is 0 Å². The topological polar surface area (TPSA) is 39.4 Å². The number of benzene rings is 1. The highest BCUT2D eigenvalue weighted by Crippen LogP contribution is 2.19. The Balaban J connectivity index is 1.61. The van der Waals surface area contributed by atoms with Crippen LogP contribution in [0.15, 0.2) is 52.2 Å². The molecule has 3 nitrogen and oxygen atoms in total. The normalized spacial score (nSPS) is 10.8. The van der Waals surface area contributed by atoms with Crippen molar-refractivity contribution >= 4 is 11.0 Å². The van der Waals surface area contributed by atoms with E-state index in [1.165, 1.54) is 44.6 Å². The van der Waals surface area contributed by atoms with Gasteiger partial charge in [0.15, 0.2) is 0 Å². The fourth-order valence-corrected chi connectivity index (χ4v) is 2.60. The van der Waals surface area contributed by atoms with E-state index in [1.807, 2.05) is 18.2 Å². The van der Waals surface area contributed by atoms with Crippen molar-refractivity contribution < 1.29 is 9.15 Å². The third-order valence-electron chi connectivity index (χ3n) is 3.92. The van der Waals surface area contributed by atoms with Gasteiger partial charge < -0.3 is 9.15 Å². The van der Waals surface area contributed by atoms with Gasteiger partial charge in [0.05, 0.1) is 6.61 Å². The van der Waals surface area contributed by atoms with Crippen LogP contribution in [0.3, 0.4) is 0 Å². The maximum atomic E-state index is 11.2. The Morgan fingerprint density at radius 2 is 1.65 bits per heavy atom. The van der Waals surface area contributed by atoms with E-state index in [1.54, 1.807) is 12.1 Å². The molecule has 2 aromatic rings. The Hall–Kier alpha value is -2.03. The molecule has 0 unspecified atom stereocenters. The maximum Gasteiger partial charge on any atom is 0.336 e. The number of hydrogen-bond donors (Lipinski definition) is 0. The number of ether oxygens (including phenoxy) is 1. The van der Waals surface area contributed by atoms with Crippen LogP contribution in [0.25, 0.3) is 11.0 Å². The first-order chi connectivity index (χ1) is 11.3. The predicted molar refractivity (Wildman–Crippen MR) is 95.1 cm³/mol. The van der Waals surface area contributed by atoms with Crippen LogP contribution in [0.4, 0.5) is 0 Å². The van der Waals surface area contributed by atoms with E-state index >= 15 is 0 Å². The molecule has 0 saturated heterocycles. The Morgan fingerprint density at radius 3 is 2.43 bits per heavy atom. The molecule has 1 aromatic carbocycles. The van der Waals surface area contributed by atoms with Gasteiger partial charge >= 0.3 is 5.63 Å². The average molecular weight is 314 g/mol. The van der Waals surface area contributed by atoms with Gasteiger partial charge in [-0.2, -0.15) is 0 Å². The second kappa shape index (κ2) is 9.88. The van der Waals surface area contributed by atoms with Crippen molar-refractivity contribution in [3.63, 3.8) is 0 Å². The van der Waals surface area contributed by atoms with Crippen molar-refractivity contribution in [2.45, 2.75) is 51.4 Å². The molecule has 0 spiro atoms. The molecule has 1 heterocycles. The average Bonchev–Trinajstić information content (AvgIpc) is 2.56. The Bertz CT molecular complexity index is 657. The van der Waals surface area contributed by atoms with Crippen molar-refractivity contribution in [1.29, 1.82) is 0 Å². The molecule has 0 aliphatic heterocycles. The van der Waals surface area contributed by atoms with Gasteiger partial charge in [-0.25, -0.2) is 4.79 Å². The molecular weight excluding hydrogens is 288 g/mol. The number of fused-ring (bicyclic) bond motifs is 1. The summed E-state index contributed by atoms with van der Waals surface area (Å²) in [6.45, 7) is 4.45. The van der Waals surface area contributed by atoms with Gasteiger partial charge in [0.25, 0.3) is 0 Å². The van der Waals surface area contributed by atoms with Gasteiger partial charge in [-0.3, -0.25) is 0 Å². The molecule has 1 aromatic heterocycles. The van der Waals surface area contributed by atoms with Crippen molar-refractivity contribution in [3.8, 4) is 5.75 Å². The lowest BCUT2D eigenvalue weighted by atomic mass is 10.1. The number of rotatable bonds is 11. The summed E-state index contributed by atoms with van der Waals surface area (Å²) in [5.74, 6) is 0.760. The van der Waals surface area contributed by atoms with Crippen LogP contribution in [0.5, 0.6) is 5.75 Å². The molecule has 3 heteroatoms. The van der Waals surface area contributed by atoms with Gasteiger partial charge in [0.2, 0.25) is 0 Å². The minimum atomic E-state index is -0.331. The van der Waals surface area contributed by atoms with Crippen molar-refractivity contribution in [2.75, 3.05) is 6.61 Å². The number of allylic oxidation sites excluding steroid dienone is 1. The Labute approximate surface area is 138 Å². The van der Waals surface area contributed by atoms with Crippen LogP contribution in [0.1, 0.15) is 51.4 Å². The highest BCUT2D eigenvalue weighted by molar-refractivity contribution is 5.77. The van der Waals surface area contributed by atoms with E-state index in [2.05, 4.69) is 6.58 Å². The second-order valence-electron chi connectivity index (χ2n) is 5.85. The zero-order chi connectivity index (χ0) is 16.3. The third-order valence-corrected chi connectivity index (χ3v) is 3.92. The summed E-state index contributed by atoms with van der Waals surface area (Å²) < 4.78 is 10.9. The second-order valence-corrected chi connectivity index (χ2v) is 5.85. The van der Waals surface area contributed by atoms with E-state index in [0.717, 1.165) is 24.0 Å². The molecule has 0 fully saturated rings. The summed E-state index contributed by atoms with van der Waals surface area (Å²) in [4.78, 5) is 11.2. The number of hydrogen-bond acceptors (Lipinski definition) is 3. The zero-order valence-corrected chi connectivity index (χ0v) is 13.8. The van der Waals surface area contributed by atoms with Crippen LogP contribution < -0.4 is 10.4 Å². The molecular formula is C20H26O3. The van der Waals surface area contributed by atoms with E-state index in [-0.39, 0.29) is 5.63 Å². The lowest BCUT2D eigenvalue weighted by molar-refractivity contribution is 0.304. The molecule has 2 rings (SSSR count). The molecule has 23 heavy (non-hydrogen) atoms. The minimum Gasteiger partial charge on any atom is -0.493 e. The fourth-order valence-electron chi connectivity index (χ4n) is 2.60. The molecule has 0 aliphatic carbocycles. The summed E-state index contributed by atoms with van der Waals surface area (Å²) in [6, 6.07) is 8.81. The summed E-state index contributed by atoms with van der Waals surface area (Å²) in [6.07, 6.45) is 11.9. The summed E-state index contributed by atoms with van der Waals surface area (Å²) >= 11 is 0. The molecule has 0 amide bonds. The smallest absolute Gasteiger partial charge is 0.336 e. The SMILES string of the molecule is C=CCCCCCCCCCOc1ccc2ccc(=O)oc2c1. The largest absolute Gasteiger partial charge is 0.493 e. The predicted octanol–water partition coefficient (Wildman–Crippen LogP) is 5.48. The fraction of sp³-hybridized carbons (Fsp3) is 0.450. The van der Waals surface area contributed by atoms with E-state index in [9.17, 15) is 4.79 Å². The zero-order valence-electron chi connectivity index (χ0n) is 13.8. The Kier molecular flexibility index (Phi) is 7.44. The van der Waals surface area contributed by atoms with Crippen LogP contribution in [-0.2, 0) is 0 Å². The van der Waals surface area contributed by atoms with Gasteiger partial charge in [-0.05, 0) is 37.5 Å². The standard InChI is InChI=1S/C20H26O3/c1-2-3-4-5-6-7-8-9-10-15-22-18-13-11-17-12-14-20(21)23-19(17)16-18/h2,11-14,16H,1,3-10,15H2. The van der Waals surface area contributed by atoms with Gasteiger partial charge in [-0.15, -0.1) is 6.58 Å². The highest BCUT2D eigenvalue weighted by atomic mass is 16.5. The molecule has 0 saturated carbocycles. The number of unbranched alkanes of at least 4 members (excludes halogenated alkanes) is 7. The van der Waals surface area contributed by atoms with Crippen molar-refractivity contribution in [1.82, 2.24) is 0 Å². The van der Waals surface area contributed by atoms with Crippen LogP contribution in [0.2, 0.25) is 0 Å². The molecule has 0 atom stereocenters. The maximum absolute atomic E-state index is 11.2. The van der Waals surface area contributed by atoms with Crippen LogP contribution >= 0.6 is 0 Å². The molecule has 0 radical (unpaired) electrons. The van der Waals surface area contributed by atoms with Crippen molar-refractivity contribution in [3.05, 3.63) is 53.4 Å². The first-order valence-corrected chi connectivity index (χ1v) is 8.57. The summed E-state index contributed by atoms with van der Waals surface area (Å²) in [5, 5.41) is 0.911. The first kappa shape index (κ1) is 17.3.